The van der Waals surface area contributed by atoms with Crippen molar-refractivity contribution in [1.82, 2.24) is 5.32 Å². The molecule has 2 N–H and O–H groups in total. The Morgan fingerprint density at radius 2 is 2.11 bits per heavy atom. The van der Waals surface area contributed by atoms with Crippen LogP contribution in [0.3, 0.4) is 0 Å². The molecule has 1 aliphatic heterocycles. The number of hydrogen-bond acceptors (Lipinski definition) is 6. The van der Waals surface area contributed by atoms with Crippen LogP contribution in [0.25, 0.3) is 0 Å². The highest BCUT2D eigenvalue weighted by Crippen LogP contribution is 2.28. The van der Waals surface area contributed by atoms with E-state index >= 15 is 0 Å². The Morgan fingerprint density at radius 1 is 1.44 bits per heavy atom. The smallest absolute Gasteiger partial charge is 0.293 e. The Kier molecular flexibility index (Phi) is 3.22. The van der Waals surface area contributed by atoms with Crippen molar-refractivity contribution in [3.05, 3.63) is 28.3 Å². The highest BCUT2D eigenvalue weighted by atomic mass is 32.2. The van der Waals surface area contributed by atoms with Crippen LogP contribution in [-0.4, -0.2) is 38.7 Å². The van der Waals surface area contributed by atoms with E-state index in [1.165, 1.54) is 12.1 Å². The molecule has 0 radical (unpaired) electrons. The first kappa shape index (κ1) is 12.8. The van der Waals surface area contributed by atoms with Crippen LogP contribution in [0.2, 0.25) is 0 Å². The van der Waals surface area contributed by atoms with E-state index in [1.807, 2.05) is 0 Å². The van der Waals surface area contributed by atoms with E-state index in [0.29, 0.717) is 5.69 Å². The number of sulfone groups is 1. The van der Waals surface area contributed by atoms with E-state index < -0.39 is 14.8 Å². The van der Waals surface area contributed by atoms with Gasteiger partial charge in [0.15, 0.2) is 9.84 Å². The quantitative estimate of drug-likeness (QED) is 0.606. The minimum absolute atomic E-state index is 0.0496. The van der Waals surface area contributed by atoms with Gasteiger partial charge in [-0.05, 0) is 12.1 Å². The van der Waals surface area contributed by atoms with Crippen molar-refractivity contribution in [3.8, 4) is 0 Å². The highest BCUT2D eigenvalue weighted by Gasteiger charge is 2.23. The summed E-state index contributed by atoms with van der Waals surface area (Å²) in [6, 6.07) is 4.04. The van der Waals surface area contributed by atoms with Crippen molar-refractivity contribution in [2.45, 2.75) is 10.9 Å². The molecule has 1 saturated heterocycles. The molecule has 18 heavy (non-hydrogen) atoms. The number of hydrogen-bond donors (Lipinski definition) is 2. The largest absolute Gasteiger partial charge is 0.374 e. The van der Waals surface area contributed by atoms with Crippen LogP contribution in [0.5, 0.6) is 0 Å². The van der Waals surface area contributed by atoms with Gasteiger partial charge in [0.05, 0.1) is 15.9 Å². The predicted octanol–water partition coefficient (Wildman–Crippen LogP) is 0.382. The van der Waals surface area contributed by atoms with E-state index in [2.05, 4.69) is 10.6 Å². The number of nitrogens with one attached hydrogen (secondary N) is 2. The second-order valence-electron chi connectivity index (χ2n) is 4.21. The van der Waals surface area contributed by atoms with Gasteiger partial charge in [-0.1, -0.05) is 0 Å². The van der Waals surface area contributed by atoms with Gasteiger partial charge in [0.25, 0.3) is 5.69 Å². The SMILES string of the molecule is CS(=O)(=O)c1ccc(NC2CNC2)c([N+](=O)[O-])c1. The van der Waals surface area contributed by atoms with Crippen LogP contribution in [-0.2, 0) is 9.84 Å². The molecule has 2 rings (SSSR count). The molecule has 1 heterocycles. The molecule has 8 heteroatoms. The van der Waals surface area contributed by atoms with E-state index in [-0.39, 0.29) is 16.6 Å². The van der Waals surface area contributed by atoms with Crippen molar-refractivity contribution in [3.63, 3.8) is 0 Å². The lowest BCUT2D eigenvalue weighted by Gasteiger charge is -2.28. The fourth-order valence-corrected chi connectivity index (χ4v) is 2.27. The van der Waals surface area contributed by atoms with Crippen molar-refractivity contribution >= 4 is 21.2 Å². The number of nitro groups is 1. The van der Waals surface area contributed by atoms with Crippen molar-refractivity contribution in [2.24, 2.45) is 0 Å². The van der Waals surface area contributed by atoms with Crippen LogP contribution < -0.4 is 10.6 Å². The van der Waals surface area contributed by atoms with Gasteiger partial charge in [-0.15, -0.1) is 0 Å². The lowest BCUT2D eigenvalue weighted by atomic mass is 10.1. The molecule has 0 aliphatic carbocycles. The maximum Gasteiger partial charge on any atom is 0.293 e. The van der Waals surface area contributed by atoms with Crippen LogP contribution in [0, 0.1) is 10.1 Å². The molecule has 0 saturated carbocycles. The molecule has 0 amide bonds. The zero-order valence-corrected chi connectivity index (χ0v) is 10.5. The Hall–Kier alpha value is -1.67. The molecule has 0 bridgehead atoms. The summed E-state index contributed by atoms with van der Waals surface area (Å²) in [5.41, 5.74) is 0.128. The van der Waals surface area contributed by atoms with Gasteiger partial charge in [0, 0.05) is 25.4 Å². The maximum absolute atomic E-state index is 11.4. The Bertz CT molecular complexity index is 581. The van der Waals surface area contributed by atoms with Crippen LogP contribution in [0.4, 0.5) is 11.4 Å². The summed E-state index contributed by atoms with van der Waals surface area (Å²) in [6.07, 6.45) is 1.02. The van der Waals surface area contributed by atoms with E-state index in [4.69, 9.17) is 0 Å². The van der Waals surface area contributed by atoms with Gasteiger partial charge in [-0.2, -0.15) is 0 Å². The van der Waals surface area contributed by atoms with Gasteiger partial charge in [-0.3, -0.25) is 10.1 Å². The van der Waals surface area contributed by atoms with Crippen molar-refractivity contribution in [2.75, 3.05) is 24.7 Å². The Morgan fingerprint density at radius 3 is 2.56 bits per heavy atom. The zero-order chi connectivity index (χ0) is 13.3. The van der Waals surface area contributed by atoms with Gasteiger partial charge in [0.1, 0.15) is 5.69 Å². The second kappa shape index (κ2) is 4.54. The number of benzene rings is 1. The molecule has 1 fully saturated rings. The minimum Gasteiger partial charge on any atom is -0.374 e. The molecule has 0 spiro atoms. The number of rotatable bonds is 4. The summed E-state index contributed by atoms with van der Waals surface area (Å²) in [7, 11) is -3.44. The monoisotopic (exact) mass is 271 g/mol. The summed E-state index contributed by atoms with van der Waals surface area (Å²) in [4.78, 5) is 10.3. The molecule has 1 aromatic rings. The van der Waals surface area contributed by atoms with Gasteiger partial charge < -0.3 is 10.6 Å². The molecular formula is C10H13N3O4S. The van der Waals surface area contributed by atoms with E-state index in [0.717, 1.165) is 25.4 Å². The molecule has 7 nitrogen and oxygen atoms in total. The molecule has 1 aromatic carbocycles. The first-order valence-electron chi connectivity index (χ1n) is 5.33. The lowest BCUT2D eigenvalue weighted by molar-refractivity contribution is -0.384. The molecule has 98 valence electrons. The maximum atomic E-state index is 11.4. The summed E-state index contributed by atoms with van der Waals surface area (Å²) >= 11 is 0. The lowest BCUT2D eigenvalue weighted by Crippen LogP contribution is -2.51. The molecule has 0 unspecified atom stereocenters. The Labute approximate surface area is 104 Å². The third kappa shape index (κ3) is 2.59. The number of anilines is 1. The second-order valence-corrected chi connectivity index (χ2v) is 6.22. The summed E-state index contributed by atoms with van der Waals surface area (Å²) in [5.74, 6) is 0. The predicted molar refractivity (Wildman–Crippen MR) is 66.5 cm³/mol. The third-order valence-electron chi connectivity index (χ3n) is 2.74. The summed E-state index contributed by atoms with van der Waals surface area (Å²) in [6.45, 7) is 1.48. The van der Waals surface area contributed by atoms with Gasteiger partial charge >= 0.3 is 0 Å². The highest BCUT2D eigenvalue weighted by molar-refractivity contribution is 7.90. The van der Waals surface area contributed by atoms with Crippen molar-refractivity contribution in [1.29, 1.82) is 0 Å². The van der Waals surface area contributed by atoms with Crippen LogP contribution in [0.15, 0.2) is 23.1 Å². The average Bonchev–Trinajstić information content (AvgIpc) is 2.21. The average molecular weight is 271 g/mol. The fourth-order valence-electron chi connectivity index (χ4n) is 1.63. The zero-order valence-electron chi connectivity index (χ0n) is 9.71. The van der Waals surface area contributed by atoms with Crippen molar-refractivity contribution < 1.29 is 13.3 Å². The fraction of sp³-hybridized carbons (Fsp3) is 0.400. The normalized spacial score (nSPS) is 16.1. The van der Waals surface area contributed by atoms with Crippen LogP contribution in [0.1, 0.15) is 0 Å². The van der Waals surface area contributed by atoms with Gasteiger partial charge in [0.2, 0.25) is 0 Å². The summed E-state index contributed by atoms with van der Waals surface area (Å²) in [5, 5.41) is 17.0. The molecule has 0 atom stereocenters. The number of nitro benzene ring substituents is 1. The Balaban J connectivity index is 2.37. The topological polar surface area (TPSA) is 101 Å². The molecule has 1 aliphatic rings. The van der Waals surface area contributed by atoms with Crippen LogP contribution >= 0.6 is 0 Å². The standard InChI is InChI=1S/C10H13N3O4S/c1-18(16,17)8-2-3-9(10(4-8)13(14)15)12-7-5-11-6-7/h2-4,7,11-12H,5-6H2,1H3. The first-order valence-corrected chi connectivity index (χ1v) is 7.23. The minimum atomic E-state index is -3.44. The van der Waals surface area contributed by atoms with E-state index in [9.17, 15) is 18.5 Å². The van der Waals surface area contributed by atoms with E-state index in [1.54, 1.807) is 0 Å². The molecular weight excluding hydrogens is 258 g/mol. The first-order chi connectivity index (χ1) is 8.38. The molecule has 0 aromatic heterocycles. The summed E-state index contributed by atoms with van der Waals surface area (Å²) < 4.78 is 22.7. The van der Waals surface area contributed by atoms with Gasteiger partial charge in [-0.25, -0.2) is 8.42 Å². The third-order valence-corrected chi connectivity index (χ3v) is 3.85. The number of nitrogens with zero attached hydrogens (tertiary/aromatic N) is 1.